The van der Waals surface area contributed by atoms with E-state index in [0.29, 0.717) is 18.0 Å². The summed E-state index contributed by atoms with van der Waals surface area (Å²) in [6.45, 7) is 1.57. The van der Waals surface area contributed by atoms with Crippen molar-refractivity contribution in [3.63, 3.8) is 0 Å². The topological polar surface area (TPSA) is 93.9 Å². The van der Waals surface area contributed by atoms with Gasteiger partial charge in [-0.25, -0.2) is 5.14 Å². The van der Waals surface area contributed by atoms with Crippen molar-refractivity contribution in [3.05, 3.63) is 23.3 Å². The van der Waals surface area contributed by atoms with Gasteiger partial charge in [-0.15, -0.1) is 0 Å². The van der Waals surface area contributed by atoms with Gasteiger partial charge in [0.15, 0.2) is 11.5 Å². The molecule has 3 rings (SSSR count). The molecule has 0 saturated carbocycles. The minimum absolute atomic E-state index is 0.289. The second-order valence-corrected chi connectivity index (χ2v) is 7.38. The highest BCUT2D eigenvalue weighted by atomic mass is 32.2. The van der Waals surface area contributed by atoms with Crippen molar-refractivity contribution in [3.8, 4) is 11.5 Å². The summed E-state index contributed by atoms with van der Waals surface area (Å²) >= 11 is 0. The molecule has 0 aromatic heterocycles. The number of piperidine rings is 1. The van der Waals surface area contributed by atoms with Gasteiger partial charge in [-0.3, -0.25) is 4.90 Å². The van der Waals surface area contributed by atoms with Gasteiger partial charge >= 0.3 is 0 Å². The third-order valence-electron chi connectivity index (χ3n) is 4.66. The number of rotatable bonds is 4. The van der Waals surface area contributed by atoms with Crippen LogP contribution < -0.4 is 19.3 Å². The molecule has 1 saturated heterocycles. The second kappa shape index (κ2) is 6.27. The zero-order valence-electron chi connectivity index (χ0n) is 13.4. The molecular formula is C15H23N3O4S. The molecule has 0 spiro atoms. The standard InChI is InChI=1S/C15H23N3O4S/c1-21-14-7-10-11(8-15(14)22-2)13-5-3-4-6-18(13)9-12(10)17-23(16,19)20/h7-8,12-13,17H,3-6,9H2,1-2H3,(H2,16,19,20). The Labute approximate surface area is 136 Å². The summed E-state index contributed by atoms with van der Waals surface area (Å²) in [6, 6.07) is 3.74. The zero-order valence-corrected chi connectivity index (χ0v) is 14.2. The fourth-order valence-electron chi connectivity index (χ4n) is 3.69. The minimum Gasteiger partial charge on any atom is -0.493 e. The van der Waals surface area contributed by atoms with Gasteiger partial charge in [0.05, 0.1) is 20.3 Å². The summed E-state index contributed by atoms with van der Waals surface area (Å²) in [7, 11) is -0.614. The number of fused-ring (bicyclic) bond motifs is 3. The minimum atomic E-state index is -3.79. The van der Waals surface area contributed by atoms with Gasteiger partial charge in [0, 0.05) is 12.6 Å². The van der Waals surface area contributed by atoms with E-state index in [1.165, 1.54) is 6.42 Å². The summed E-state index contributed by atoms with van der Waals surface area (Å²) in [5.41, 5.74) is 2.01. The Morgan fingerprint density at radius 3 is 2.43 bits per heavy atom. The van der Waals surface area contributed by atoms with E-state index in [1.807, 2.05) is 12.1 Å². The summed E-state index contributed by atoms with van der Waals surface area (Å²) in [4.78, 5) is 2.32. The largest absolute Gasteiger partial charge is 0.493 e. The molecule has 1 fully saturated rings. The first-order valence-corrected chi connectivity index (χ1v) is 9.27. The lowest BCUT2D eigenvalue weighted by molar-refractivity contribution is 0.121. The molecule has 2 aliphatic heterocycles. The van der Waals surface area contributed by atoms with Gasteiger partial charge < -0.3 is 9.47 Å². The molecule has 0 radical (unpaired) electrons. The molecule has 8 heteroatoms. The average Bonchev–Trinajstić information content (AvgIpc) is 2.52. The first kappa shape index (κ1) is 16.5. The average molecular weight is 341 g/mol. The van der Waals surface area contributed by atoms with Crippen molar-refractivity contribution in [2.75, 3.05) is 27.3 Å². The molecule has 2 atom stereocenters. The number of methoxy groups -OCH3 is 2. The predicted octanol–water partition coefficient (Wildman–Crippen LogP) is 1.08. The number of ether oxygens (including phenoxy) is 2. The lowest BCUT2D eigenvalue weighted by Gasteiger charge is -2.44. The fourth-order valence-corrected chi connectivity index (χ4v) is 4.29. The summed E-state index contributed by atoms with van der Waals surface area (Å²) in [5.74, 6) is 1.25. The van der Waals surface area contributed by atoms with Gasteiger partial charge in [-0.05, 0) is 42.6 Å². The highest BCUT2D eigenvalue weighted by molar-refractivity contribution is 7.87. The number of hydrogen-bond donors (Lipinski definition) is 2. The molecule has 1 aromatic carbocycles. The van der Waals surface area contributed by atoms with Crippen LogP contribution >= 0.6 is 0 Å². The van der Waals surface area contributed by atoms with Crippen molar-refractivity contribution in [2.24, 2.45) is 5.14 Å². The van der Waals surface area contributed by atoms with E-state index in [9.17, 15) is 8.42 Å². The van der Waals surface area contributed by atoms with E-state index in [1.54, 1.807) is 14.2 Å². The molecule has 0 bridgehead atoms. The maximum atomic E-state index is 11.5. The summed E-state index contributed by atoms with van der Waals surface area (Å²) in [5, 5.41) is 5.20. The lowest BCUT2D eigenvalue weighted by atomic mass is 9.84. The van der Waals surface area contributed by atoms with Gasteiger partial charge in [-0.2, -0.15) is 13.1 Å². The molecule has 3 N–H and O–H groups in total. The van der Waals surface area contributed by atoms with Crippen LogP contribution in [0.1, 0.15) is 42.5 Å². The normalized spacial score (nSPS) is 24.7. The smallest absolute Gasteiger partial charge is 0.274 e. The SMILES string of the molecule is COc1cc2c(cc1OC)C1CCCCN1CC2NS(N)(=O)=O. The highest BCUT2D eigenvalue weighted by Gasteiger charge is 2.36. The quantitative estimate of drug-likeness (QED) is 0.855. The lowest BCUT2D eigenvalue weighted by Crippen LogP contribution is -2.47. The van der Waals surface area contributed by atoms with Gasteiger partial charge in [0.1, 0.15) is 0 Å². The maximum Gasteiger partial charge on any atom is 0.274 e. The molecule has 7 nitrogen and oxygen atoms in total. The maximum absolute atomic E-state index is 11.5. The number of nitrogens with two attached hydrogens (primary N) is 1. The van der Waals surface area contributed by atoms with Crippen molar-refractivity contribution in [2.45, 2.75) is 31.3 Å². The first-order chi connectivity index (χ1) is 10.9. The van der Waals surface area contributed by atoms with Crippen molar-refractivity contribution < 1.29 is 17.9 Å². The van der Waals surface area contributed by atoms with Crippen LogP contribution in [-0.4, -0.2) is 40.6 Å². The number of hydrogen-bond acceptors (Lipinski definition) is 5. The second-order valence-electron chi connectivity index (χ2n) is 6.06. The molecule has 2 aliphatic rings. The Balaban J connectivity index is 2.09. The van der Waals surface area contributed by atoms with Gasteiger partial charge in [0.2, 0.25) is 0 Å². The van der Waals surface area contributed by atoms with Crippen LogP contribution in [0.3, 0.4) is 0 Å². The van der Waals surface area contributed by atoms with E-state index in [0.717, 1.165) is 30.5 Å². The Hall–Kier alpha value is -1.35. The first-order valence-electron chi connectivity index (χ1n) is 7.73. The monoisotopic (exact) mass is 341 g/mol. The fraction of sp³-hybridized carbons (Fsp3) is 0.600. The van der Waals surface area contributed by atoms with Crippen LogP contribution in [0, 0.1) is 0 Å². The Morgan fingerprint density at radius 2 is 1.83 bits per heavy atom. The third kappa shape index (κ3) is 3.30. The van der Waals surface area contributed by atoms with Crippen molar-refractivity contribution in [1.82, 2.24) is 9.62 Å². The molecular weight excluding hydrogens is 318 g/mol. The third-order valence-corrected chi connectivity index (χ3v) is 5.27. The van der Waals surface area contributed by atoms with Crippen LogP contribution in [-0.2, 0) is 10.2 Å². The predicted molar refractivity (Wildman–Crippen MR) is 86.7 cm³/mol. The molecule has 0 aliphatic carbocycles. The van der Waals surface area contributed by atoms with E-state index in [4.69, 9.17) is 14.6 Å². The van der Waals surface area contributed by atoms with Crippen molar-refractivity contribution in [1.29, 1.82) is 0 Å². The molecule has 1 aromatic rings. The summed E-state index contributed by atoms with van der Waals surface area (Å²) < 4.78 is 36.4. The molecule has 23 heavy (non-hydrogen) atoms. The summed E-state index contributed by atoms with van der Waals surface area (Å²) in [6.07, 6.45) is 3.36. The Kier molecular flexibility index (Phi) is 4.50. The number of benzene rings is 1. The van der Waals surface area contributed by atoms with E-state index < -0.39 is 10.2 Å². The van der Waals surface area contributed by atoms with Crippen LogP contribution in [0.2, 0.25) is 0 Å². The molecule has 2 heterocycles. The van der Waals surface area contributed by atoms with Crippen LogP contribution in [0.25, 0.3) is 0 Å². The van der Waals surface area contributed by atoms with Crippen LogP contribution in [0.4, 0.5) is 0 Å². The van der Waals surface area contributed by atoms with Crippen LogP contribution in [0.5, 0.6) is 11.5 Å². The van der Waals surface area contributed by atoms with Crippen LogP contribution in [0.15, 0.2) is 12.1 Å². The zero-order chi connectivity index (χ0) is 16.6. The Bertz CT molecular complexity index is 692. The molecule has 0 amide bonds. The van der Waals surface area contributed by atoms with E-state index in [2.05, 4.69) is 9.62 Å². The number of nitrogens with zero attached hydrogens (tertiary/aromatic N) is 1. The Morgan fingerprint density at radius 1 is 1.17 bits per heavy atom. The molecule has 128 valence electrons. The number of nitrogens with one attached hydrogen (secondary N) is 1. The van der Waals surface area contributed by atoms with Crippen molar-refractivity contribution >= 4 is 10.2 Å². The molecule has 2 unspecified atom stereocenters. The highest BCUT2D eigenvalue weighted by Crippen LogP contribution is 2.44. The van der Waals surface area contributed by atoms with E-state index in [-0.39, 0.29) is 12.1 Å². The van der Waals surface area contributed by atoms with Gasteiger partial charge in [0.25, 0.3) is 10.2 Å². The van der Waals surface area contributed by atoms with E-state index >= 15 is 0 Å². The van der Waals surface area contributed by atoms with Gasteiger partial charge in [-0.1, -0.05) is 6.42 Å².